The molecule has 2 aliphatic heterocycles. The minimum absolute atomic E-state index is 0.250. The van der Waals surface area contributed by atoms with Crippen molar-refractivity contribution in [3.63, 3.8) is 0 Å². The fourth-order valence-electron chi connectivity index (χ4n) is 2.72. The Morgan fingerprint density at radius 1 is 1.41 bits per heavy atom. The van der Waals surface area contributed by atoms with Gasteiger partial charge in [0.25, 0.3) is 5.91 Å². The number of hydrogen-bond donors (Lipinski definition) is 2. The van der Waals surface area contributed by atoms with Crippen molar-refractivity contribution >= 4 is 17.5 Å². The first-order valence-electron chi connectivity index (χ1n) is 7.35. The molecule has 0 saturated carbocycles. The molecule has 22 heavy (non-hydrogen) atoms. The van der Waals surface area contributed by atoms with Gasteiger partial charge in [0.15, 0.2) is 0 Å². The minimum atomic E-state index is -0.627. The Labute approximate surface area is 127 Å². The zero-order chi connectivity index (χ0) is 15.5. The van der Waals surface area contributed by atoms with Gasteiger partial charge in [-0.15, -0.1) is 0 Å². The molecular weight excluding hydrogens is 289 g/mol. The summed E-state index contributed by atoms with van der Waals surface area (Å²) in [6, 6.07) is 5.50. The number of para-hydroxylation sites is 1. The molecule has 118 valence electrons. The van der Waals surface area contributed by atoms with Crippen LogP contribution in [0.5, 0.6) is 0 Å². The molecule has 0 spiro atoms. The van der Waals surface area contributed by atoms with E-state index < -0.39 is 18.0 Å². The number of ether oxygens (including phenoxy) is 1. The van der Waals surface area contributed by atoms with Gasteiger partial charge in [0.1, 0.15) is 18.0 Å². The smallest absolute Gasteiger partial charge is 0.251 e. The molecule has 1 aromatic rings. The molecule has 2 fully saturated rings. The van der Waals surface area contributed by atoms with Crippen LogP contribution in [0, 0.1) is 5.82 Å². The molecule has 2 unspecified atom stereocenters. The molecule has 3 rings (SSSR count). The quantitative estimate of drug-likeness (QED) is 0.827. The summed E-state index contributed by atoms with van der Waals surface area (Å²) in [6.45, 7) is 2.00. The van der Waals surface area contributed by atoms with E-state index >= 15 is 0 Å². The maximum absolute atomic E-state index is 13.8. The van der Waals surface area contributed by atoms with Gasteiger partial charge in [-0.05, 0) is 18.6 Å². The van der Waals surface area contributed by atoms with Gasteiger partial charge in [0.2, 0.25) is 5.91 Å². The van der Waals surface area contributed by atoms with Crippen LogP contribution in [0.15, 0.2) is 24.3 Å². The van der Waals surface area contributed by atoms with E-state index in [1.807, 2.05) is 0 Å². The molecule has 0 radical (unpaired) electrons. The second kappa shape index (κ2) is 6.41. The fraction of sp³-hybridized carbons (Fsp3) is 0.467. The van der Waals surface area contributed by atoms with Crippen LogP contribution >= 0.6 is 0 Å². The van der Waals surface area contributed by atoms with E-state index in [2.05, 4.69) is 10.6 Å². The molecule has 2 N–H and O–H groups in total. The average molecular weight is 307 g/mol. The van der Waals surface area contributed by atoms with Crippen molar-refractivity contribution in [2.75, 3.05) is 31.1 Å². The fourth-order valence-corrected chi connectivity index (χ4v) is 2.72. The number of rotatable bonds is 3. The number of nitrogens with zero attached hydrogens (tertiary/aromatic N) is 1. The van der Waals surface area contributed by atoms with E-state index in [9.17, 15) is 14.0 Å². The maximum Gasteiger partial charge on any atom is 0.251 e. The van der Waals surface area contributed by atoms with Crippen LogP contribution in [-0.2, 0) is 14.3 Å². The monoisotopic (exact) mass is 307 g/mol. The number of carbonyl (C=O) groups is 2. The SMILES string of the molecule is O=C(NC1CCN(c2ccccc2F)C1=O)C1CNCCO1. The topological polar surface area (TPSA) is 70.7 Å². The van der Waals surface area contributed by atoms with Gasteiger partial charge in [0.05, 0.1) is 12.3 Å². The molecule has 2 aliphatic rings. The summed E-state index contributed by atoms with van der Waals surface area (Å²) in [7, 11) is 0. The third-order valence-electron chi connectivity index (χ3n) is 3.89. The molecule has 0 bridgehead atoms. The Hall–Kier alpha value is -1.99. The summed E-state index contributed by atoms with van der Waals surface area (Å²) in [5, 5.41) is 5.76. The van der Waals surface area contributed by atoms with Crippen LogP contribution in [0.2, 0.25) is 0 Å². The van der Waals surface area contributed by atoms with Crippen LogP contribution < -0.4 is 15.5 Å². The number of nitrogens with one attached hydrogen (secondary N) is 2. The van der Waals surface area contributed by atoms with Gasteiger partial charge < -0.3 is 20.3 Å². The number of morpholine rings is 1. The van der Waals surface area contributed by atoms with Gasteiger partial charge in [-0.25, -0.2) is 4.39 Å². The van der Waals surface area contributed by atoms with Crippen molar-refractivity contribution in [3.8, 4) is 0 Å². The second-order valence-corrected chi connectivity index (χ2v) is 5.35. The Morgan fingerprint density at radius 3 is 2.95 bits per heavy atom. The summed E-state index contributed by atoms with van der Waals surface area (Å²) in [6.07, 6.45) is -0.122. The van der Waals surface area contributed by atoms with Gasteiger partial charge in [-0.3, -0.25) is 9.59 Å². The highest BCUT2D eigenvalue weighted by Gasteiger charge is 2.36. The second-order valence-electron chi connectivity index (χ2n) is 5.35. The summed E-state index contributed by atoms with van der Waals surface area (Å²) in [5.41, 5.74) is 0.250. The number of halogens is 1. The van der Waals surface area contributed by atoms with Gasteiger partial charge in [-0.1, -0.05) is 12.1 Å². The third-order valence-corrected chi connectivity index (χ3v) is 3.89. The number of amides is 2. The maximum atomic E-state index is 13.8. The molecule has 2 saturated heterocycles. The van der Waals surface area contributed by atoms with Crippen LogP contribution in [-0.4, -0.2) is 50.2 Å². The molecule has 2 amide bonds. The summed E-state index contributed by atoms with van der Waals surface area (Å²) >= 11 is 0. The molecule has 7 heteroatoms. The zero-order valence-electron chi connectivity index (χ0n) is 12.0. The summed E-state index contributed by atoms with van der Waals surface area (Å²) in [5.74, 6) is -1.04. The lowest BCUT2D eigenvalue weighted by atomic mass is 10.2. The predicted molar refractivity (Wildman–Crippen MR) is 77.9 cm³/mol. The average Bonchev–Trinajstić information content (AvgIpc) is 2.90. The van der Waals surface area contributed by atoms with Crippen molar-refractivity contribution < 1.29 is 18.7 Å². The number of carbonyl (C=O) groups excluding carboxylic acids is 2. The standard InChI is InChI=1S/C15H18FN3O3/c16-10-3-1-2-4-12(10)19-7-5-11(15(19)21)18-14(20)13-9-17-6-8-22-13/h1-4,11,13,17H,5-9H2,(H,18,20). The lowest BCUT2D eigenvalue weighted by molar-refractivity contribution is -0.136. The first-order valence-corrected chi connectivity index (χ1v) is 7.35. The van der Waals surface area contributed by atoms with Gasteiger partial charge >= 0.3 is 0 Å². The van der Waals surface area contributed by atoms with Crippen LogP contribution in [0.25, 0.3) is 0 Å². The van der Waals surface area contributed by atoms with Crippen LogP contribution in [0.1, 0.15) is 6.42 Å². The molecule has 1 aromatic carbocycles. The van der Waals surface area contributed by atoms with E-state index in [0.717, 1.165) is 0 Å². The summed E-state index contributed by atoms with van der Waals surface area (Å²) < 4.78 is 19.1. The van der Waals surface area contributed by atoms with Crippen LogP contribution in [0.3, 0.4) is 0 Å². The predicted octanol–water partition coefficient (Wildman–Crippen LogP) is 0.0356. The molecule has 2 heterocycles. The zero-order valence-corrected chi connectivity index (χ0v) is 12.0. The van der Waals surface area contributed by atoms with E-state index in [0.29, 0.717) is 32.7 Å². The van der Waals surface area contributed by atoms with Crippen LogP contribution in [0.4, 0.5) is 10.1 Å². The highest BCUT2D eigenvalue weighted by molar-refractivity contribution is 6.01. The van der Waals surface area contributed by atoms with Crippen molar-refractivity contribution in [1.82, 2.24) is 10.6 Å². The highest BCUT2D eigenvalue weighted by Crippen LogP contribution is 2.24. The molecular formula is C15H18FN3O3. The minimum Gasteiger partial charge on any atom is -0.366 e. The van der Waals surface area contributed by atoms with E-state index in [-0.39, 0.29) is 17.5 Å². The molecule has 0 aromatic heterocycles. The highest BCUT2D eigenvalue weighted by atomic mass is 19.1. The number of anilines is 1. The van der Waals surface area contributed by atoms with E-state index in [1.165, 1.54) is 11.0 Å². The normalized spacial score (nSPS) is 25.3. The lowest BCUT2D eigenvalue weighted by Crippen LogP contribution is -2.51. The Kier molecular flexibility index (Phi) is 4.35. The van der Waals surface area contributed by atoms with Crippen molar-refractivity contribution in [2.45, 2.75) is 18.6 Å². The van der Waals surface area contributed by atoms with E-state index in [4.69, 9.17) is 4.74 Å². The van der Waals surface area contributed by atoms with Crippen molar-refractivity contribution in [2.24, 2.45) is 0 Å². The Bertz CT molecular complexity index is 575. The Balaban J connectivity index is 1.64. The molecule has 6 nitrogen and oxygen atoms in total. The summed E-state index contributed by atoms with van der Waals surface area (Å²) in [4.78, 5) is 25.8. The van der Waals surface area contributed by atoms with Crippen molar-refractivity contribution in [1.29, 1.82) is 0 Å². The van der Waals surface area contributed by atoms with E-state index in [1.54, 1.807) is 18.2 Å². The third kappa shape index (κ3) is 2.95. The number of hydrogen-bond acceptors (Lipinski definition) is 4. The van der Waals surface area contributed by atoms with Gasteiger partial charge in [-0.2, -0.15) is 0 Å². The van der Waals surface area contributed by atoms with Gasteiger partial charge in [0, 0.05) is 19.6 Å². The largest absolute Gasteiger partial charge is 0.366 e. The molecule has 0 aliphatic carbocycles. The number of benzene rings is 1. The Morgan fingerprint density at radius 2 is 2.23 bits per heavy atom. The van der Waals surface area contributed by atoms with Crippen molar-refractivity contribution in [3.05, 3.63) is 30.1 Å². The molecule has 2 atom stereocenters. The lowest BCUT2D eigenvalue weighted by Gasteiger charge is -2.24. The first-order chi connectivity index (χ1) is 10.7. The first kappa shape index (κ1) is 14.9.